The molecule has 0 saturated heterocycles. The molecule has 2 atom stereocenters. The summed E-state index contributed by atoms with van der Waals surface area (Å²) in [5.41, 5.74) is 0. The quantitative estimate of drug-likeness (QED) is 0.0205. The average Bonchev–Trinajstić information content (AvgIpc) is 3.07. The summed E-state index contributed by atoms with van der Waals surface area (Å²) in [7, 11) is 1.14. The van der Waals surface area contributed by atoms with E-state index in [1.807, 2.05) is 21.1 Å². The van der Waals surface area contributed by atoms with E-state index < -0.39 is 32.5 Å². The Kier molecular flexibility index (Phi) is 32.8. The van der Waals surface area contributed by atoms with Gasteiger partial charge in [0.25, 0.3) is 7.82 Å². The van der Waals surface area contributed by atoms with Crippen LogP contribution in [0.2, 0.25) is 0 Å². The smallest absolute Gasteiger partial charge is 0.306 e. The molecule has 0 spiro atoms. The Morgan fingerprint density at radius 3 is 1.67 bits per heavy atom. The van der Waals surface area contributed by atoms with Crippen molar-refractivity contribution in [2.24, 2.45) is 0 Å². The van der Waals surface area contributed by atoms with Gasteiger partial charge in [0, 0.05) is 12.8 Å². The van der Waals surface area contributed by atoms with Crippen molar-refractivity contribution in [1.29, 1.82) is 0 Å². The number of esters is 2. The summed E-state index contributed by atoms with van der Waals surface area (Å²) in [5.74, 6) is -0.868. The van der Waals surface area contributed by atoms with Crippen molar-refractivity contribution in [3.8, 4) is 0 Å². The van der Waals surface area contributed by atoms with Gasteiger partial charge in [-0.05, 0) is 44.9 Å². The van der Waals surface area contributed by atoms with E-state index >= 15 is 0 Å². The molecule has 0 radical (unpaired) electrons. The number of rotatable bonds is 36. The Hall–Kier alpha value is -1.77. The normalized spacial score (nSPS) is 14.1. The number of ether oxygens (including phenoxy) is 2. The van der Waals surface area contributed by atoms with Gasteiger partial charge in [0.05, 0.1) is 27.7 Å². The number of phosphoric acid groups is 1. The van der Waals surface area contributed by atoms with Crippen molar-refractivity contribution in [3.63, 3.8) is 0 Å². The summed E-state index contributed by atoms with van der Waals surface area (Å²) in [6.07, 6.45) is 36.0. The van der Waals surface area contributed by atoms with Crippen molar-refractivity contribution in [1.82, 2.24) is 0 Å². The first-order valence-corrected chi connectivity index (χ1v) is 21.7. The molecule has 0 N–H and O–H groups in total. The number of hydrogen-bond acceptors (Lipinski definition) is 8. The lowest BCUT2D eigenvalue weighted by Gasteiger charge is -2.28. The zero-order valence-electron chi connectivity index (χ0n) is 33.3. The molecule has 0 aliphatic carbocycles. The number of unbranched alkanes of at least 4 members (excludes halogenated alkanes) is 16. The molecule has 0 rings (SSSR count). The summed E-state index contributed by atoms with van der Waals surface area (Å²) in [6.45, 7) is 4.07. The number of nitrogens with zero attached hydrogens (tertiary/aromatic N) is 1. The van der Waals surface area contributed by atoms with E-state index in [0.29, 0.717) is 17.4 Å². The first kappa shape index (κ1) is 49.2. The molecule has 0 aliphatic rings. The summed E-state index contributed by atoms with van der Waals surface area (Å²) in [5, 5.41) is 0. The fourth-order valence-corrected chi connectivity index (χ4v) is 5.98. The Balaban J connectivity index is 4.44. The first-order chi connectivity index (χ1) is 24.5. The number of phosphoric ester groups is 1. The monoisotopic (exact) mass is 742 g/mol. The van der Waals surface area contributed by atoms with Crippen LogP contribution in [0.3, 0.4) is 0 Å². The zero-order valence-corrected chi connectivity index (χ0v) is 34.2. The molecule has 51 heavy (non-hydrogen) atoms. The molecule has 0 saturated carbocycles. The maximum absolute atomic E-state index is 12.6. The van der Waals surface area contributed by atoms with Crippen molar-refractivity contribution in [2.75, 3.05) is 47.5 Å². The molecule has 0 bridgehead atoms. The Morgan fingerprint density at radius 2 is 1.12 bits per heavy atom. The van der Waals surface area contributed by atoms with Crippen LogP contribution in [-0.2, 0) is 32.7 Å². The van der Waals surface area contributed by atoms with Gasteiger partial charge in [-0.2, -0.15) is 0 Å². The Bertz CT molecular complexity index is 975. The highest BCUT2D eigenvalue weighted by Crippen LogP contribution is 2.38. The molecule has 0 fully saturated rings. The van der Waals surface area contributed by atoms with Crippen LogP contribution in [0.25, 0.3) is 0 Å². The summed E-state index contributed by atoms with van der Waals surface area (Å²) >= 11 is 0. The van der Waals surface area contributed by atoms with Gasteiger partial charge in [0.1, 0.15) is 19.8 Å². The highest BCUT2D eigenvalue weighted by Gasteiger charge is 2.21. The van der Waals surface area contributed by atoms with Gasteiger partial charge in [0.2, 0.25) is 0 Å². The van der Waals surface area contributed by atoms with Crippen LogP contribution < -0.4 is 4.89 Å². The third-order valence-electron chi connectivity index (χ3n) is 8.42. The first-order valence-electron chi connectivity index (χ1n) is 20.2. The fourth-order valence-electron chi connectivity index (χ4n) is 5.26. The van der Waals surface area contributed by atoms with E-state index in [2.05, 4.69) is 50.3 Å². The second-order valence-electron chi connectivity index (χ2n) is 14.6. The van der Waals surface area contributed by atoms with E-state index in [1.54, 1.807) is 0 Å². The zero-order chi connectivity index (χ0) is 37.9. The molecule has 0 aromatic heterocycles. The number of likely N-dealkylation sites (N-methyl/N-ethyl adjacent to an activating group) is 1. The van der Waals surface area contributed by atoms with E-state index in [0.717, 1.165) is 57.8 Å². The highest BCUT2D eigenvalue weighted by molar-refractivity contribution is 7.45. The van der Waals surface area contributed by atoms with Gasteiger partial charge in [-0.1, -0.05) is 140 Å². The molecule has 0 aromatic rings. The molecular weight excluding hydrogens is 665 g/mol. The van der Waals surface area contributed by atoms with Crippen LogP contribution in [0.1, 0.15) is 162 Å². The largest absolute Gasteiger partial charge is 0.756 e. The van der Waals surface area contributed by atoms with Gasteiger partial charge >= 0.3 is 11.9 Å². The van der Waals surface area contributed by atoms with Crippen molar-refractivity contribution < 1.29 is 42.1 Å². The van der Waals surface area contributed by atoms with Gasteiger partial charge in [0.15, 0.2) is 6.10 Å². The fraction of sp³-hybridized carbons (Fsp3) is 0.805. The minimum Gasteiger partial charge on any atom is -0.756 e. The van der Waals surface area contributed by atoms with Crippen LogP contribution in [0, 0.1) is 0 Å². The molecule has 9 nitrogen and oxygen atoms in total. The molecule has 0 aliphatic heterocycles. The number of hydrogen-bond donors (Lipinski definition) is 0. The van der Waals surface area contributed by atoms with Crippen LogP contribution in [0.5, 0.6) is 0 Å². The van der Waals surface area contributed by atoms with Gasteiger partial charge in [-0.3, -0.25) is 14.2 Å². The summed E-state index contributed by atoms with van der Waals surface area (Å²) in [4.78, 5) is 37.4. The summed E-state index contributed by atoms with van der Waals surface area (Å²) in [6, 6.07) is 0. The molecule has 0 aromatic carbocycles. The second kappa shape index (κ2) is 34.0. The SMILES string of the molecule is CC/C=C\C/C=C\C/C=C\CCCCCC(=O)OC(COC(=O)CCCCCCCCCCCCCCCC)COP(=O)([O-])OCC[N+](C)(C)C. The van der Waals surface area contributed by atoms with Crippen molar-refractivity contribution >= 4 is 19.8 Å². The van der Waals surface area contributed by atoms with E-state index in [1.165, 1.54) is 70.6 Å². The van der Waals surface area contributed by atoms with Crippen molar-refractivity contribution in [2.45, 2.75) is 168 Å². The number of carbonyl (C=O) groups is 2. The second-order valence-corrected chi connectivity index (χ2v) is 16.0. The van der Waals surface area contributed by atoms with E-state index in [-0.39, 0.29) is 26.1 Å². The molecule has 2 unspecified atom stereocenters. The molecule has 0 amide bonds. The number of allylic oxidation sites excluding steroid dienone is 6. The van der Waals surface area contributed by atoms with Gasteiger partial charge in [-0.25, -0.2) is 0 Å². The van der Waals surface area contributed by atoms with E-state index in [4.69, 9.17) is 18.5 Å². The van der Waals surface area contributed by atoms with Crippen LogP contribution in [0.15, 0.2) is 36.5 Å². The molecular formula is C41H76NO8P. The lowest BCUT2D eigenvalue weighted by atomic mass is 10.0. The van der Waals surface area contributed by atoms with Crippen LogP contribution >= 0.6 is 7.82 Å². The highest BCUT2D eigenvalue weighted by atomic mass is 31.2. The minimum absolute atomic E-state index is 0.0363. The predicted molar refractivity (Wildman–Crippen MR) is 208 cm³/mol. The third kappa shape index (κ3) is 37.8. The molecule has 10 heteroatoms. The summed E-state index contributed by atoms with van der Waals surface area (Å²) < 4.78 is 33.8. The number of quaternary nitrogens is 1. The lowest BCUT2D eigenvalue weighted by molar-refractivity contribution is -0.870. The maximum Gasteiger partial charge on any atom is 0.306 e. The van der Waals surface area contributed by atoms with Crippen molar-refractivity contribution in [3.05, 3.63) is 36.5 Å². The maximum atomic E-state index is 12.6. The lowest BCUT2D eigenvalue weighted by Crippen LogP contribution is -2.37. The standard InChI is InChI=1S/C41H76NO8P/c1-6-8-10-12-14-16-18-20-22-23-25-27-29-31-33-40(43)47-37-39(38-49-51(45,46)48-36-35-42(3,4)5)50-41(44)34-32-30-28-26-24-21-19-17-15-13-11-9-7-2/h9,11,15,17,21,24,39H,6-8,10,12-14,16,18-20,22-23,25-38H2,1-5H3/b11-9-,17-15-,24-21-. The topological polar surface area (TPSA) is 111 Å². The van der Waals surface area contributed by atoms with Crippen LogP contribution in [-0.4, -0.2) is 70.0 Å². The number of carbonyl (C=O) groups excluding carboxylic acids is 2. The predicted octanol–water partition coefficient (Wildman–Crippen LogP) is 10.3. The Morgan fingerprint density at radius 1 is 0.627 bits per heavy atom. The van der Waals surface area contributed by atoms with Gasteiger partial charge < -0.3 is 27.9 Å². The van der Waals surface area contributed by atoms with E-state index in [9.17, 15) is 19.0 Å². The Labute approximate surface area is 312 Å². The minimum atomic E-state index is -4.62. The molecule has 0 heterocycles. The molecule has 298 valence electrons. The van der Waals surface area contributed by atoms with Crippen LogP contribution in [0.4, 0.5) is 0 Å². The van der Waals surface area contributed by atoms with Gasteiger partial charge in [-0.15, -0.1) is 0 Å². The third-order valence-corrected chi connectivity index (χ3v) is 9.39. The average molecular weight is 742 g/mol.